The summed E-state index contributed by atoms with van der Waals surface area (Å²) in [5.41, 5.74) is 5.34. The molecule has 0 aromatic carbocycles. The van der Waals surface area contributed by atoms with E-state index in [4.69, 9.17) is 15.2 Å². The number of nitrogens with zero attached hydrogens (tertiary/aromatic N) is 2. The first-order valence-corrected chi connectivity index (χ1v) is 3.73. The van der Waals surface area contributed by atoms with Crippen LogP contribution >= 0.6 is 0 Å². The summed E-state index contributed by atoms with van der Waals surface area (Å²) in [4.78, 5) is 3.94. The highest BCUT2D eigenvalue weighted by Gasteiger charge is 2.19. The minimum Gasteiger partial charge on any atom is -0.376 e. The molecule has 1 aliphatic rings. The molecule has 1 aliphatic heterocycles. The minimum atomic E-state index is -0.149. The molecule has 0 spiro atoms. The second-order valence-corrected chi connectivity index (χ2v) is 2.51. The van der Waals surface area contributed by atoms with Crippen molar-refractivity contribution in [3.05, 3.63) is 5.82 Å². The Morgan fingerprint density at radius 1 is 1.50 bits per heavy atom. The highest BCUT2D eigenvalue weighted by Crippen LogP contribution is 2.16. The van der Waals surface area contributed by atoms with Gasteiger partial charge in [0.15, 0.2) is 5.82 Å². The van der Waals surface area contributed by atoms with E-state index in [0.29, 0.717) is 25.6 Å². The Hall–Kier alpha value is -1.14. The van der Waals surface area contributed by atoms with Crippen LogP contribution in [0.3, 0.4) is 0 Å². The van der Waals surface area contributed by atoms with Crippen LogP contribution in [0.4, 0.5) is 5.95 Å². The third kappa shape index (κ3) is 1.39. The molecule has 0 amide bonds. The highest BCUT2D eigenvalue weighted by molar-refractivity contribution is 5.13. The van der Waals surface area contributed by atoms with Gasteiger partial charge in [-0.15, -0.1) is 5.10 Å². The molecule has 3 N–H and O–H groups in total. The summed E-state index contributed by atoms with van der Waals surface area (Å²) in [6.45, 7) is 1.74. The molecule has 0 radical (unpaired) electrons. The molecule has 2 rings (SSSR count). The van der Waals surface area contributed by atoms with E-state index in [-0.39, 0.29) is 12.1 Å². The predicted molar refractivity (Wildman–Crippen MR) is 40.3 cm³/mol. The Labute approximate surface area is 69.1 Å². The second kappa shape index (κ2) is 3.08. The van der Waals surface area contributed by atoms with E-state index in [1.165, 1.54) is 0 Å². The van der Waals surface area contributed by atoms with Gasteiger partial charge >= 0.3 is 0 Å². The normalized spacial score (nSPS) is 24.2. The molecule has 6 nitrogen and oxygen atoms in total. The van der Waals surface area contributed by atoms with Crippen LogP contribution in [0.5, 0.6) is 0 Å². The number of ether oxygens (including phenoxy) is 2. The van der Waals surface area contributed by atoms with Gasteiger partial charge in [0.05, 0.1) is 19.8 Å². The van der Waals surface area contributed by atoms with Crippen LogP contribution < -0.4 is 5.73 Å². The Kier molecular flexibility index (Phi) is 1.92. The molecule has 1 fully saturated rings. The first-order chi connectivity index (χ1) is 5.86. The van der Waals surface area contributed by atoms with Crippen molar-refractivity contribution in [2.45, 2.75) is 6.10 Å². The molecule has 0 bridgehead atoms. The van der Waals surface area contributed by atoms with E-state index < -0.39 is 0 Å². The van der Waals surface area contributed by atoms with Crippen LogP contribution in [0.15, 0.2) is 0 Å². The molecule has 1 atom stereocenters. The maximum atomic E-state index is 5.36. The lowest BCUT2D eigenvalue weighted by Gasteiger charge is -2.20. The topological polar surface area (TPSA) is 86.0 Å². The third-order valence-corrected chi connectivity index (χ3v) is 1.64. The lowest BCUT2D eigenvalue weighted by atomic mass is 10.3. The molecule has 1 aromatic rings. The smallest absolute Gasteiger partial charge is 0.239 e. The van der Waals surface area contributed by atoms with E-state index in [1.807, 2.05) is 0 Å². The molecule has 66 valence electrons. The largest absolute Gasteiger partial charge is 0.376 e. The molecule has 1 aromatic heterocycles. The van der Waals surface area contributed by atoms with Gasteiger partial charge in [0.2, 0.25) is 5.95 Å². The van der Waals surface area contributed by atoms with E-state index in [9.17, 15) is 0 Å². The SMILES string of the molecule is Nc1n[nH]c(C2COCCO2)n1. The van der Waals surface area contributed by atoms with Crippen LogP contribution in [0.25, 0.3) is 0 Å². The number of rotatable bonds is 1. The summed E-state index contributed by atoms with van der Waals surface area (Å²) in [7, 11) is 0. The Bertz CT molecular complexity index is 256. The fourth-order valence-electron chi connectivity index (χ4n) is 1.08. The number of H-pyrrole nitrogens is 1. The summed E-state index contributed by atoms with van der Waals surface area (Å²) < 4.78 is 10.6. The van der Waals surface area contributed by atoms with Crippen molar-refractivity contribution in [3.63, 3.8) is 0 Å². The molecule has 1 unspecified atom stereocenters. The number of nitrogen functional groups attached to an aromatic ring is 1. The predicted octanol–water partition coefficient (Wildman–Crippen LogP) is -0.525. The number of aromatic nitrogens is 3. The number of nitrogens with one attached hydrogen (secondary N) is 1. The lowest BCUT2D eigenvalue weighted by molar-refractivity contribution is -0.0933. The van der Waals surface area contributed by atoms with Gasteiger partial charge in [-0.25, -0.2) is 0 Å². The number of hydrogen-bond acceptors (Lipinski definition) is 5. The van der Waals surface area contributed by atoms with E-state index in [0.717, 1.165) is 0 Å². The zero-order chi connectivity index (χ0) is 8.39. The summed E-state index contributed by atoms with van der Waals surface area (Å²) in [5.74, 6) is 0.867. The first kappa shape index (κ1) is 7.51. The Morgan fingerprint density at radius 2 is 2.42 bits per heavy atom. The Morgan fingerprint density at radius 3 is 3.00 bits per heavy atom. The quantitative estimate of drug-likeness (QED) is 0.592. The summed E-state index contributed by atoms with van der Waals surface area (Å²) in [6.07, 6.45) is -0.149. The van der Waals surface area contributed by atoms with Gasteiger partial charge in [0.1, 0.15) is 6.10 Å². The summed E-state index contributed by atoms with van der Waals surface area (Å²) in [5, 5.41) is 6.38. The number of hydrogen-bond donors (Lipinski definition) is 2. The van der Waals surface area contributed by atoms with Crippen LogP contribution in [0.1, 0.15) is 11.9 Å². The molecular weight excluding hydrogens is 160 g/mol. The molecule has 2 heterocycles. The number of nitrogens with two attached hydrogens (primary N) is 1. The van der Waals surface area contributed by atoms with Gasteiger partial charge in [-0.2, -0.15) is 4.98 Å². The van der Waals surface area contributed by atoms with Crippen molar-refractivity contribution in [1.82, 2.24) is 15.2 Å². The third-order valence-electron chi connectivity index (χ3n) is 1.64. The van der Waals surface area contributed by atoms with Crippen molar-refractivity contribution < 1.29 is 9.47 Å². The molecule has 0 aliphatic carbocycles. The Balaban J connectivity index is 2.08. The van der Waals surface area contributed by atoms with Gasteiger partial charge in [0.25, 0.3) is 0 Å². The average molecular weight is 170 g/mol. The molecule has 6 heteroatoms. The number of aromatic amines is 1. The van der Waals surface area contributed by atoms with Crippen molar-refractivity contribution in [2.75, 3.05) is 25.6 Å². The zero-order valence-corrected chi connectivity index (χ0v) is 6.49. The monoisotopic (exact) mass is 170 g/mol. The summed E-state index contributed by atoms with van der Waals surface area (Å²) >= 11 is 0. The van der Waals surface area contributed by atoms with Gasteiger partial charge < -0.3 is 15.2 Å². The van der Waals surface area contributed by atoms with Crippen molar-refractivity contribution >= 4 is 5.95 Å². The van der Waals surface area contributed by atoms with Crippen LogP contribution in [0.2, 0.25) is 0 Å². The maximum absolute atomic E-state index is 5.36. The zero-order valence-electron chi connectivity index (χ0n) is 6.49. The van der Waals surface area contributed by atoms with Crippen molar-refractivity contribution in [2.24, 2.45) is 0 Å². The van der Waals surface area contributed by atoms with Gasteiger partial charge in [-0.3, -0.25) is 5.10 Å². The maximum Gasteiger partial charge on any atom is 0.239 e. The minimum absolute atomic E-state index is 0.149. The van der Waals surface area contributed by atoms with E-state index >= 15 is 0 Å². The van der Waals surface area contributed by atoms with Crippen LogP contribution in [-0.2, 0) is 9.47 Å². The summed E-state index contributed by atoms with van der Waals surface area (Å²) in [6, 6.07) is 0. The van der Waals surface area contributed by atoms with Crippen molar-refractivity contribution in [3.8, 4) is 0 Å². The average Bonchev–Trinajstić information content (AvgIpc) is 2.54. The van der Waals surface area contributed by atoms with Gasteiger partial charge in [-0.1, -0.05) is 0 Å². The first-order valence-electron chi connectivity index (χ1n) is 3.73. The van der Waals surface area contributed by atoms with E-state index in [1.54, 1.807) is 0 Å². The van der Waals surface area contributed by atoms with Crippen LogP contribution in [-0.4, -0.2) is 35.0 Å². The molecule has 12 heavy (non-hydrogen) atoms. The van der Waals surface area contributed by atoms with Gasteiger partial charge in [0, 0.05) is 0 Å². The molecular formula is C6H10N4O2. The van der Waals surface area contributed by atoms with Crippen LogP contribution in [0, 0.1) is 0 Å². The van der Waals surface area contributed by atoms with Gasteiger partial charge in [-0.05, 0) is 0 Å². The van der Waals surface area contributed by atoms with Crippen molar-refractivity contribution in [1.29, 1.82) is 0 Å². The highest BCUT2D eigenvalue weighted by atomic mass is 16.6. The second-order valence-electron chi connectivity index (χ2n) is 2.51. The lowest BCUT2D eigenvalue weighted by Crippen LogP contribution is -2.22. The molecule has 1 saturated heterocycles. The number of anilines is 1. The fraction of sp³-hybridized carbons (Fsp3) is 0.667. The van der Waals surface area contributed by atoms with E-state index in [2.05, 4.69) is 15.2 Å². The fourth-order valence-corrected chi connectivity index (χ4v) is 1.08. The standard InChI is InChI=1S/C6H10N4O2/c7-6-8-5(9-10-6)4-3-11-1-2-12-4/h4H,1-3H2,(H3,7,8,9,10). The molecule has 0 saturated carbocycles.